The molecule has 60 valence electrons. The summed E-state index contributed by atoms with van der Waals surface area (Å²) >= 11 is 7.23. The lowest BCUT2D eigenvalue weighted by Gasteiger charge is -2.36. The number of nitrogens with zero attached hydrogens (tertiary/aromatic N) is 2. The van der Waals surface area contributed by atoms with E-state index in [4.69, 9.17) is 17.3 Å². The lowest BCUT2D eigenvalue weighted by Crippen LogP contribution is -2.55. The minimum Gasteiger partial charge on any atom is -0.345 e. The van der Waals surface area contributed by atoms with Crippen LogP contribution < -0.4 is 10.6 Å². The van der Waals surface area contributed by atoms with Gasteiger partial charge in [-0.15, -0.1) is 11.3 Å². The number of anilines is 1. The van der Waals surface area contributed by atoms with Crippen molar-refractivity contribution in [2.75, 3.05) is 18.0 Å². The highest BCUT2D eigenvalue weighted by Gasteiger charge is 2.25. The van der Waals surface area contributed by atoms with Gasteiger partial charge in [0.2, 0.25) is 0 Å². The van der Waals surface area contributed by atoms with Crippen LogP contribution >= 0.6 is 22.9 Å². The zero-order chi connectivity index (χ0) is 7.84. The van der Waals surface area contributed by atoms with Crippen molar-refractivity contribution in [3.63, 3.8) is 0 Å². The van der Waals surface area contributed by atoms with Crippen molar-refractivity contribution < 1.29 is 0 Å². The summed E-state index contributed by atoms with van der Waals surface area (Å²) in [6, 6.07) is 0.317. The Balaban J connectivity index is 2.07. The van der Waals surface area contributed by atoms with Crippen LogP contribution in [0.1, 0.15) is 0 Å². The molecule has 1 aromatic heterocycles. The molecule has 0 aromatic carbocycles. The van der Waals surface area contributed by atoms with Crippen LogP contribution in [0.25, 0.3) is 0 Å². The fourth-order valence-corrected chi connectivity index (χ4v) is 2.03. The first-order valence-corrected chi connectivity index (χ1v) is 4.63. The highest BCUT2D eigenvalue weighted by atomic mass is 35.5. The first-order chi connectivity index (χ1) is 5.25. The van der Waals surface area contributed by atoms with Crippen molar-refractivity contribution >= 4 is 28.1 Å². The molecule has 0 atom stereocenters. The Morgan fingerprint density at radius 1 is 1.73 bits per heavy atom. The van der Waals surface area contributed by atoms with E-state index in [2.05, 4.69) is 9.88 Å². The zero-order valence-corrected chi connectivity index (χ0v) is 7.40. The lowest BCUT2D eigenvalue weighted by molar-refractivity contribution is 0.518. The van der Waals surface area contributed by atoms with Gasteiger partial charge in [-0.05, 0) is 0 Å². The van der Waals surface area contributed by atoms with E-state index in [1.54, 1.807) is 11.3 Å². The summed E-state index contributed by atoms with van der Waals surface area (Å²) in [7, 11) is 0. The number of thiazole rings is 1. The minimum atomic E-state index is 0.317. The van der Waals surface area contributed by atoms with Crippen molar-refractivity contribution in [1.82, 2.24) is 4.98 Å². The van der Waals surface area contributed by atoms with E-state index >= 15 is 0 Å². The van der Waals surface area contributed by atoms with Gasteiger partial charge in [0, 0.05) is 24.5 Å². The minimum absolute atomic E-state index is 0.317. The zero-order valence-electron chi connectivity index (χ0n) is 5.83. The van der Waals surface area contributed by atoms with E-state index in [0.29, 0.717) is 11.2 Å². The Hall–Kier alpha value is -0.320. The summed E-state index contributed by atoms with van der Waals surface area (Å²) in [5.74, 6) is 0. The van der Waals surface area contributed by atoms with Crippen LogP contribution in [0.4, 0.5) is 5.13 Å². The quantitative estimate of drug-likeness (QED) is 0.715. The molecule has 0 saturated carbocycles. The van der Waals surface area contributed by atoms with E-state index in [1.807, 2.05) is 5.38 Å². The second kappa shape index (κ2) is 2.62. The molecule has 0 bridgehead atoms. The lowest BCUT2D eigenvalue weighted by atomic mass is 10.1. The van der Waals surface area contributed by atoms with E-state index in [1.165, 1.54) is 0 Å². The largest absolute Gasteiger partial charge is 0.345 e. The van der Waals surface area contributed by atoms with E-state index in [0.717, 1.165) is 18.2 Å². The molecule has 11 heavy (non-hydrogen) atoms. The van der Waals surface area contributed by atoms with Gasteiger partial charge in [-0.3, -0.25) is 0 Å². The van der Waals surface area contributed by atoms with Gasteiger partial charge in [0.1, 0.15) is 5.15 Å². The third-order valence-electron chi connectivity index (χ3n) is 1.64. The van der Waals surface area contributed by atoms with Crippen LogP contribution in [0.2, 0.25) is 5.15 Å². The number of hydrogen-bond acceptors (Lipinski definition) is 4. The molecule has 1 aromatic rings. The van der Waals surface area contributed by atoms with Crippen molar-refractivity contribution in [3.05, 3.63) is 10.5 Å². The summed E-state index contributed by atoms with van der Waals surface area (Å²) in [6.45, 7) is 1.81. The van der Waals surface area contributed by atoms with Crippen LogP contribution in [0.15, 0.2) is 5.38 Å². The van der Waals surface area contributed by atoms with Crippen LogP contribution in [-0.2, 0) is 0 Å². The maximum atomic E-state index is 5.66. The molecule has 1 fully saturated rings. The molecule has 2 N–H and O–H groups in total. The SMILES string of the molecule is NC1CN(c2nc(Cl)cs2)C1. The summed E-state index contributed by atoms with van der Waals surface area (Å²) < 4.78 is 0. The third-order valence-corrected chi connectivity index (χ3v) is 2.87. The number of nitrogens with two attached hydrogens (primary N) is 1. The first-order valence-electron chi connectivity index (χ1n) is 3.37. The van der Waals surface area contributed by atoms with Gasteiger partial charge >= 0.3 is 0 Å². The van der Waals surface area contributed by atoms with E-state index < -0.39 is 0 Å². The predicted octanol–water partition coefficient (Wildman–Crippen LogP) is 0.944. The molecule has 3 nitrogen and oxygen atoms in total. The molecular weight excluding hydrogens is 182 g/mol. The molecule has 2 rings (SSSR count). The molecule has 2 heterocycles. The van der Waals surface area contributed by atoms with E-state index in [-0.39, 0.29) is 0 Å². The van der Waals surface area contributed by atoms with Gasteiger partial charge < -0.3 is 10.6 Å². The monoisotopic (exact) mass is 189 g/mol. The van der Waals surface area contributed by atoms with Gasteiger partial charge in [0.15, 0.2) is 5.13 Å². The summed E-state index contributed by atoms with van der Waals surface area (Å²) in [5.41, 5.74) is 5.62. The molecule has 1 saturated heterocycles. The average Bonchev–Trinajstić information content (AvgIpc) is 2.29. The average molecular weight is 190 g/mol. The summed E-state index contributed by atoms with van der Waals surface area (Å²) in [5, 5.41) is 3.39. The maximum Gasteiger partial charge on any atom is 0.186 e. The van der Waals surface area contributed by atoms with Crippen LogP contribution in [0.3, 0.4) is 0 Å². The number of aromatic nitrogens is 1. The predicted molar refractivity (Wildman–Crippen MR) is 47.3 cm³/mol. The smallest absolute Gasteiger partial charge is 0.186 e. The third kappa shape index (κ3) is 1.34. The van der Waals surface area contributed by atoms with Crippen molar-refractivity contribution in [1.29, 1.82) is 0 Å². The Bertz CT molecular complexity index is 256. The normalized spacial score (nSPS) is 18.5. The molecule has 0 aliphatic carbocycles. The molecule has 0 unspecified atom stereocenters. The topological polar surface area (TPSA) is 42.1 Å². The highest BCUT2D eigenvalue weighted by molar-refractivity contribution is 7.14. The van der Waals surface area contributed by atoms with Gasteiger partial charge in [0.05, 0.1) is 0 Å². The fraction of sp³-hybridized carbons (Fsp3) is 0.500. The molecule has 5 heteroatoms. The number of hydrogen-bond donors (Lipinski definition) is 1. The second-order valence-electron chi connectivity index (χ2n) is 2.62. The first kappa shape index (κ1) is 7.34. The fourth-order valence-electron chi connectivity index (χ4n) is 1.06. The highest BCUT2D eigenvalue weighted by Crippen LogP contribution is 2.26. The van der Waals surface area contributed by atoms with Crippen LogP contribution in [0, 0.1) is 0 Å². The molecule has 0 radical (unpaired) electrons. The number of halogens is 1. The molecule has 1 aliphatic heterocycles. The Labute approximate surface area is 73.8 Å². The summed E-state index contributed by atoms with van der Waals surface area (Å²) in [6.07, 6.45) is 0. The van der Waals surface area contributed by atoms with Gasteiger partial charge in [-0.2, -0.15) is 0 Å². The van der Waals surface area contributed by atoms with Gasteiger partial charge in [-0.1, -0.05) is 11.6 Å². The Morgan fingerprint density at radius 2 is 2.45 bits per heavy atom. The Kier molecular flexibility index (Phi) is 1.75. The standard InChI is InChI=1S/C6H8ClN3S/c7-5-3-11-6(9-5)10-1-4(8)2-10/h3-4H,1-2,8H2. The second-order valence-corrected chi connectivity index (χ2v) is 3.84. The van der Waals surface area contributed by atoms with Crippen LogP contribution in [-0.4, -0.2) is 24.1 Å². The number of rotatable bonds is 1. The van der Waals surface area contributed by atoms with Crippen LogP contribution in [0.5, 0.6) is 0 Å². The molecule has 1 aliphatic rings. The van der Waals surface area contributed by atoms with Crippen molar-refractivity contribution in [2.24, 2.45) is 5.73 Å². The van der Waals surface area contributed by atoms with Crippen molar-refractivity contribution in [2.45, 2.75) is 6.04 Å². The van der Waals surface area contributed by atoms with Gasteiger partial charge in [0.25, 0.3) is 0 Å². The van der Waals surface area contributed by atoms with Crippen molar-refractivity contribution in [3.8, 4) is 0 Å². The maximum absolute atomic E-state index is 5.66. The van der Waals surface area contributed by atoms with Gasteiger partial charge in [-0.25, -0.2) is 4.98 Å². The molecule has 0 amide bonds. The Morgan fingerprint density at radius 3 is 2.91 bits per heavy atom. The molecular formula is C6H8ClN3S. The van der Waals surface area contributed by atoms with E-state index in [9.17, 15) is 0 Å². The summed E-state index contributed by atoms with van der Waals surface area (Å²) in [4.78, 5) is 6.25. The molecule has 0 spiro atoms.